The van der Waals surface area contributed by atoms with Gasteiger partial charge in [-0.05, 0) is 57.4 Å². The van der Waals surface area contributed by atoms with Gasteiger partial charge in [0.05, 0.1) is 0 Å². The fourth-order valence-electron chi connectivity index (χ4n) is 3.10. The lowest BCUT2D eigenvalue weighted by Gasteiger charge is -2.35. The van der Waals surface area contributed by atoms with Crippen molar-refractivity contribution >= 4 is 6.09 Å². The minimum absolute atomic E-state index is 0.192. The molecule has 1 saturated heterocycles. The molecule has 20 heavy (non-hydrogen) atoms. The third-order valence-corrected chi connectivity index (χ3v) is 4.12. The highest BCUT2D eigenvalue weighted by molar-refractivity contribution is 5.68. The number of rotatable bonds is 1. The first-order valence-electron chi connectivity index (χ1n) is 7.72. The Hall–Kier alpha value is -0.770. The molecule has 0 saturated carbocycles. The summed E-state index contributed by atoms with van der Waals surface area (Å²) in [4.78, 5) is 14.0. The van der Waals surface area contributed by atoms with Crippen molar-refractivity contribution in [3.8, 4) is 0 Å². The molecular formula is C16H32N2O2. The van der Waals surface area contributed by atoms with E-state index in [1.807, 2.05) is 25.7 Å². The molecule has 118 valence electrons. The summed E-state index contributed by atoms with van der Waals surface area (Å²) in [7, 11) is 0. The van der Waals surface area contributed by atoms with Crippen molar-refractivity contribution in [2.45, 2.75) is 60.0 Å². The topological polar surface area (TPSA) is 55.6 Å². The third-order valence-electron chi connectivity index (χ3n) is 4.12. The highest BCUT2D eigenvalue weighted by Gasteiger charge is 2.35. The van der Waals surface area contributed by atoms with Crippen molar-refractivity contribution in [1.29, 1.82) is 0 Å². The van der Waals surface area contributed by atoms with Gasteiger partial charge in [0.25, 0.3) is 0 Å². The van der Waals surface area contributed by atoms with Crippen molar-refractivity contribution in [1.82, 2.24) is 4.90 Å². The van der Waals surface area contributed by atoms with Crippen LogP contribution in [0.5, 0.6) is 0 Å². The maximum absolute atomic E-state index is 12.2. The number of likely N-dealkylation sites (tertiary alicyclic amines) is 1. The van der Waals surface area contributed by atoms with E-state index >= 15 is 0 Å². The number of ether oxygens (including phenoxy) is 1. The van der Waals surface area contributed by atoms with Crippen LogP contribution in [0.1, 0.15) is 54.4 Å². The average Bonchev–Trinajstić information content (AvgIpc) is 2.47. The summed E-state index contributed by atoms with van der Waals surface area (Å²) in [5, 5.41) is 0. The fourth-order valence-corrected chi connectivity index (χ4v) is 3.10. The lowest BCUT2D eigenvalue weighted by molar-refractivity contribution is 0.0251. The highest BCUT2D eigenvalue weighted by atomic mass is 16.6. The second-order valence-corrected chi connectivity index (χ2v) is 8.01. The molecule has 1 aliphatic rings. The minimum Gasteiger partial charge on any atom is -0.444 e. The summed E-state index contributed by atoms with van der Waals surface area (Å²) in [6.07, 6.45) is 1.78. The van der Waals surface area contributed by atoms with Crippen LogP contribution in [-0.4, -0.2) is 36.2 Å². The molecular weight excluding hydrogens is 252 g/mol. The number of hydrogen-bond donors (Lipinski definition) is 1. The van der Waals surface area contributed by atoms with Crippen LogP contribution in [-0.2, 0) is 4.74 Å². The number of carbonyl (C=O) groups excluding carboxylic acids is 1. The van der Waals surface area contributed by atoms with Gasteiger partial charge in [-0.25, -0.2) is 4.79 Å². The highest BCUT2D eigenvalue weighted by Crippen LogP contribution is 2.38. The van der Waals surface area contributed by atoms with Crippen LogP contribution in [0.2, 0.25) is 0 Å². The van der Waals surface area contributed by atoms with Crippen LogP contribution in [0.15, 0.2) is 0 Å². The summed E-state index contributed by atoms with van der Waals surface area (Å²) < 4.78 is 5.48. The molecule has 2 atom stereocenters. The van der Waals surface area contributed by atoms with Crippen molar-refractivity contribution in [3.63, 3.8) is 0 Å². The Balaban J connectivity index is 2.72. The molecule has 1 aliphatic heterocycles. The maximum atomic E-state index is 12.2. The second kappa shape index (κ2) is 6.33. The van der Waals surface area contributed by atoms with Crippen LogP contribution >= 0.6 is 0 Å². The zero-order chi connectivity index (χ0) is 15.6. The number of hydrogen-bond acceptors (Lipinski definition) is 3. The lowest BCUT2D eigenvalue weighted by Crippen LogP contribution is -2.37. The van der Waals surface area contributed by atoms with Crippen LogP contribution < -0.4 is 5.73 Å². The quantitative estimate of drug-likeness (QED) is 0.804. The van der Waals surface area contributed by atoms with E-state index in [1.54, 1.807) is 0 Å². The largest absolute Gasteiger partial charge is 0.444 e. The Morgan fingerprint density at radius 1 is 1.15 bits per heavy atom. The molecule has 1 rings (SSSR count). The van der Waals surface area contributed by atoms with Gasteiger partial charge in [0, 0.05) is 13.1 Å². The predicted molar refractivity (Wildman–Crippen MR) is 82.5 cm³/mol. The van der Waals surface area contributed by atoms with E-state index in [9.17, 15) is 4.79 Å². The zero-order valence-corrected chi connectivity index (χ0v) is 14.0. The monoisotopic (exact) mass is 284 g/mol. The van der Waals surface area contributed by atoms with Gasteiger partial charge in [0.1, 0.15) is 5.60 Å². The Bertz CT molecular complexity index is 328. The first-order chi connectivity index (χ1) is 9.04. The first kappa shape index (κ1) is 17.3. The summed E-state index contributed by atoms with van der Waals surface area (Å²) in [6, 6.07) is 0. The van der Waals surface area contributed by atoms with E-state index in [2.05, 4.69) is 20.8 Å². The molecule has 0 aromatic heterocycles. The number of nitrogens with zero attached hydrogens (tertiary/aromatic N) is 1. The molecule has 1 heterocycles. The van der Waals surface area contributed by atoms with Gasteiger partial charge in [-0.1, -0.05) is 20.8 Å². The van der Waals surface area contributed by atoms with Crippen molar-refractivity contribution in [2.75, 3.05) is 19.6 Å². The van der Waals surface area contributed by atoms with E-state index in [1.165, 1.54) is 0 Å². The zero-order valence-electron chi connectivity index (χ0n) is 14.0. The Labute approximate surface area is 124 Å². The van der Waals surface area contributed by atoms with Crippen molar-refractivity contribution in [3.05, 3.63) is 0 Å². The normalized spacial score (nSPS) is 25.2. The van der Waals surface area contributed by atoms with E-state index < -0.39 is 5.60 Å². The summed E-state index contributed by atoms with van der Waals surface area (Å²) in [6.45, 7) is 14.7. The average molecular weight is 284 g/mol. The lowest BCUT2D eigenvalue weighted by atomic mass is 9.71. The molecule has 1 fully saturated rings. The number of nitrogens with two attached hydrogens (primary N) is 1. The Morgan fingerprint density at radius 2 is 1.70 bits per heavy atom. The van der Waals surface area contributed by atoms with E-state index in [0.29, 0.717) is 18.4 Å². The van der Waals surface area contributed by atoms with Gasteiger partial charge in [-0.3, -0.25) is 0 Å². The number of amides is 1. The van der Waals surface area contributed by atoms with Gasteiger partial charge in [0.2, 0.25) is 0 Å². The summed E-state index contributed by atoms with van der Waals surface area (Å²) in [5.74, 6) is 1.04. The molecule has 0 radical (unpaired) electrons. The molecule has 2 N–H and O–H groups in total. The van der Waals surface area contributed by atoms with E-state index in [4.69, 9.17) is 10.5 Å². The van der Waals surface area contributed by atoms with Crippen molar-refractivity contribution in [2.24, 2.45) is 23.0 Å². The smallest absolute Gasteiger partial charge is 0.410 e. The Kier molecular flexibility index (Phi) is 5.47. The minimum atomic E-state index is -0.430. The fraction of sp³-hybridized carbons (Fsp3) is 0.938. The van der Waals surface area contributed by atoms with Gasteiger partial charge in [-0.15, -0.1) is 0 Å². The van der Waals surface area contributed by atoms with Crippen LogP contribution in [0.3, 0.4) is 0 Å². The van der Waals surface area contributed by atoms with Crippen molar-refractivity contribution < 1.29 is 9.53 Å². The van der Waals surface area contributed by atoms with Crippen LogP contribution in [0.25, 0.3) is 0 Å². The molecule has 0 aromatic rings. The molecule has 4 heteroatoms. The standard InChI is InChI=1S/C16H32N2O2/c1-15(2,3)13-8-10-18(9-7-12(13)11-17)14(19)20-16(4,5)6/h12-13H,7-11,17H2,1-6H3. The van der Waals surface area contributed by atoms with Gasteiger partial charge < -0.3 is 15.4 Å². The third kappa shape index (κ3) is 4.97. The second-order valence-electron chi connectivity index (χ2n) is 8.01. The first-order valence-corrected chi connectivity index (χ1v) is 7.72. The maximum Gasteiger partial charge on any atom is 0.410 e. The van der Waals surface area contributed by atoms with Gasteiger partial charge in [-0.2, -0.15) is 0 Å². The Morgan fingerprint density at radius 3 is 2.15 bits per heavy atom. The molecule has 0 spiro atoms. The van der Waals surface area contributed by atoms with Crippen LogP contribution in [0.4, 0.5) is 4.79 Å². The molecule has 0 aromatic carbocycles. The molecule has 4 nitrogen and oxygen atoms in total. The summed E-state index contributed by atoms with van der Waals surface area (Å²) in [5.41, 5.74) is 5.75. The SMILES string of the molecule is CC(C)(C)OC(=O)N1CCC(CN)C(C(C)(C)C)CC1. The summed E-state index contributed by atoms with van der Waals surface area (Å²) >= 11 is 0. The molecule has 1 amide bonds. The molecule has 2 unspecified atom stereocenters. The number of carbonyl (C=O) groups is 1. The molecule has 0 bridgehead atoms. The van der Waals surface area contributed by atoms with Crippen LogP contribution in [0, 0.1) is 17.3 Å². The van der Waals surface area contributed by atoms with E-state index in [-0.39, 0.29) is 11.5 Å². The van der Waals surface area contributed by atoms with Gasteiger partial charge >= 0.3 is 6.09 Å². The van der Waals surface area contributed by atoms with Gasteiger partial charge in [0.15, 0.2) is 0 Å². The predicted octanol–water partition coefficient (Wildman–Crippen LogP) is 3.25. The molecule has 0 aliphatic carbocycles. The van der Waals surface area contributed by atoms with E-state index in [0.717, 1.165) is 25.9 Å².